The summed E-state index contributed by atoms with van der Waals surface area (Å²) < 4.78 is 35.5. The molecule has 0 aromatic heterocycles. The second-order valence-corrected chi connectivity index (χ2v) is 8.34. The van der Waals surface area contributed by atoms with E-state index in [-0.39, 0.29) is 18.1 Å². The van der Waals surface area contributed by atoms with Crippen LogP contribution in [-0.4, -0.2) is 21.1 Å². The molecule has 7 heteroatoms. The molecule has 0 aliphatic heterocycles. The average molecular weight is 426 g/mol. The lowest BCUT2D eigenvalue weighted by Crippen LogP contribution is -2.32. The lowest BCUT2D eigenvalue weighted by atomic mass is 10.1. The molecule has 1 atom stereocenters. The molecule has 0 spiro atoms. The van der Waals surface area contributed by atoms with Crippen LogP contribution in [0.25, 0.3) is 0 Å². The van der Waals surface area contributed by atoms with Gasteiger partial charge in [-0.3, -0.25) is 4.18 Å². The van der Waals surface area contributed by atoms with Crippen molar-refractivity contribution in [3.8, 4) is 0 Å². The van der Waals surface area contributed by atoms with Gasteiger partial charge in [-0.25, -0.2) is 4.79 Å². The molecule has 1 amide bonds. The summed E-state index contributed by atoms with van der Waals surface area (Å²) in [5.74, 6) is 0. The number of aryl methyl sites for hydroxylation is 1. The average Bonchev–Trinajstić information content (AvgIpc) is 2.77. The van der Waals surface area contributed by atoms with E-state index in [1.165, 1.54) is 12.1 Å². The van der Waals surface area contributed by atoms with E-state index in [0.717, 1.165) is 11.1 Å². The molecule has 1 unspecified atom stereocenters. The predicted molar refractivity (Wildman–Crippen MR) is 113 cm³/mol. The minimum atomic E-state index is -3.96. The number of rotatable bonds is 8. The number of carbonyl (C=O) groups is 1. The second-order valence-electron chi connectivity index (χ2n) is 6.72. The monoisotopic (exact) mass is 425 g/mol. The summed E-state index contributed by atoms with van der Waals surface area (Å²) in [5, 5.41) is 2.69. The minimum absolute atomic E-state index is 0.0616. The number of alkyl carbamates (subject to hydrolysis) is 1. The fraction of sp³-hybridized carbons (Fsp3) is 0.174. The molecule has 30 heavy (non-hydrogen) atoms. The molecule has 3 rings (SSSR count). The van der Waals surface area contributed by atoms with Crippen molar-refractivity contribution in [3.05, 3.63) is 102 Å². The zero-order valence-electron chi connectivity index (χ0n) is 16.5. The molecule has 6 nitrogen and oxygen atoms in total. The lowest BCUT2D eigenvalue weighted by Gasteiger charge is -2.19. The largest absolute Gasteiger partial charge is 0.445 e. The molecule has 0 radical (unpaired) electrons. The molecule has 0 aliphatic carbocycles. The van der Waals surface area contributed by atoms with Gasteiger partial charge in [-0.2, -0.15) is 8.42 Å². The lowest BCUT2D eigenvalue weighted by molar-refractivity contribution is 0.131. The van der Waals surface area contributed by atoms with Gasteiger partial charge in [0.1, 0.15) is 6.61 Å². The number of nitrogens with one attached hydrogen (secondary N) is 1. The van der Waals surface area contributed by atoms with Crippen molar-refractivity contribution < 1.29 is 22.1 Å². The third kappa shape index (κ3) is 6.17. The maximum Gasteiger partial charge on any atom is 0.408 e. The van der Waals surface area contributed by atoms with Gasteiger partial charge in [0.2, 0.25) is 0 Å². The quantitative estimate of drug-likeness (QED) is 0.542. The first-order chi connectivity index (χ1) is 14.4. The molecular weight excluding hydrogens is 402 g/mol. The highest BCUT2D eigenvalue weighted by Gasteiger charge is 2.21. The van der Waals surface area contributed by atoms with E-state index in [2.05, 4.69) is 5.32 Å². The minimum Gasteiger partial charge on any atom is -0.445 e. The van der Waals surface area contributed by atoms with Gasteiger partial charge in [0, 0.05) is 0 Å². The smallest absolute Gasteiger partial charge is 0.408 e. The Balaban J connectivity index is 1.67. The van der Waals surface area contributed by atoms with Gasteiger partial charge < -0.3 is 10.1 Å². The second kappa shape index (κ2) is 10.0. The van der Waals surface area contributed by atoms with Crippen molar-refractivity contribution in [1.82, 2.24) is 5.32 Å². The summed E-state index contributed by atoms with van der Waals surface area (Å²) in [6.45, 7) is 1.71. The molecule has 156 valence electrons. The summed E-state index contributed by atoms with van der Waals surface area (Å²) in [5.41, 5.74) is 2.49. The third-order valence-corrected chi connectivity index (χ3v) is 5.70. The van der Waals surface area contributed by atoms with Crippen LogP contribution in [0.1, 0.15) is 22.7 Å². The van der Waals surface area contributed by atoms with Crippen LogP contribution in [0.5, 0.6) is 0 Å². The molecule has 0 bridgehead atoms. The summed E-state index contributed by atoms with van der Waals surface area (Å²) in [4.78, 5) is 12.4. The summed E-state index contributed by atoms with van der Waals surface area (Å²) in [6, 6.07) is 23.9. The zero-order chi connectivity index (χ0) is 21.4. The number of hydrogen-bond acceptors (Lipinski definition) is 5. The van der Waals surface area contributed by atoms with Gasteiger partial charge in [0.05, 0.1) is 17.5 Å². The van der Waals surface area contributed by atoms with Crippen LogP contribution < -0.4 is 5.32 Å². The van der Waals surface area contributed by atoms with E-state index in [0.29, 0.717) is 5.56 Å². The molecule has 0 saturated carbocycles. The fourth-order valence-electron chi connectivity index (χ4n) is 2.74. The first-order valence-corrected chi connectivity index (χ1v) is 10.8. The maximum absolute atomic E-state index is 12.5. The standard InChI is InChI=1S/C23H23NO5S/c1-18-12-14-21(15-13-18)30(26,27)29-17-22(20-10-6-3-7-11-20)24-23(25)28-16-19-8-4-2-5-9-19/h2-15,22H,16-17H2,1H3,(H,24,25). The first kappa shape index (κ1) is 21.5. The van der Waals surface area contributed by atoms with Crippen molar-refractivity contribution in [1.29, 1.82) is 0 Å². The highest BCUT2D eigenvalue weighted by atomic mass is 32.2. The number of hydrogen-bond donors (Lipinski definition) is 1. The van der Waals surface area contributed by atoms with E-state index < -0.39 is 22.3 Å². The van der Waals surface area contributed by atoms with Gasteiger partial charge >= 0.3 is 6.09 Å². The van der Waals surface area contributed by atoms with Crippen molar-refractivity contribution in [2.75, 3.05) is 6.61 Å². The van der Waals surface area contributed by atoms with Gasteiger partial charge in [0.15, 0.2) is 0 Å². The summed E-state index contributed by atoms with van der Waals surface area (Å²) >= 11 is 0. The fourth-order valence-corrected chi connectivity index (χ4v) is 3.66. The topological polar surface area (TPSA) is 81.7 Å². The Hall–Kier alpha value is -3.16. The predicted octanol–water partition coefficient (Wildman–Crippen LogP) is 4.37. The Morgan fingerprint density at radius 2 is 1.50 bits per heavy atom. The van der Waals surface area contributed by atoms with Crippen LogP contribution in [-0.2, 0) is 25.6 Å². The molecule has 3 aromatic carbocycles. The van der Waals surface area contributed by atoms with E-state index >= 15 is 0 Å². The van der Waals surface area contributed by atoms with E-state index in [1.54, 1.807) is 36.4 Å². The Morgan fingerprint density at radius 3 is 2.13 bits per heavy atom. The van der Waals surface area contributed by atoms with E-state index in [9.17, 15) is 13.2 Å². The Morgan fingerprint density at radius 1 is 0.900 bits per heavy atom. The molecule has 0 heterocycles. The number of carbonyl (C=O) groups excluding carboxylic acids is 1. The van der Waals surface area contributed by atoms with Crippen LogP contribution in [0.3, 0.4) is 0 Å². The Bertz CT molecular complexity index is 1050. The zero-order valence-corrected chi connectivity index (χ0v) is 17.3. The molecule has 1 N–H and O–H groups in total. The van der Waals surface area contributed by atoms with Crippen LogP contribution in [0, 0.1) is 6.92 Å². The van der Waals surface area contributed by atoms with E-state index in [1.807, 2.05) is 43.3 Å². The normalized spacial score (nSPS) is 12.2. The SMILES string of the molecule is Cc1ccc(S(=O)(=O)OCC(NC(=O)OCc2ccccc2)c2ccccc2)cc1. The van der Waals surface area contributed by atoms with Gasteiger partial charge in [-0.05, 0) is 30.2 Å². The highest BCUT2D eigenvalue weighted by Crippen LogP contribution is 2.18. The third-order valence-electron chi connectivity index (χ3n) is 4.41. The molecule has 0 fully saturated rings. The van der Waals surface area contributed by atoms with Crippen molar-refractivity contribution in [3.63, 3.8) is 0 Å². The number of ether oxygens (including phenoxy) is 1. The molecular formula is C23H23NO5S. The van der Waals surface area contributed by atoms with Crippen molar-refractivity contribution in [2.24, 2.45) is 0 Å². The summed E-state index contributed by atoms with van der Waals surface area (Å²) in [7, 11) is -3.96. The van der Waals surface area contributed by atoms with Crippen LogP contribution in [0.2, 0.25) is 0 Å². The number of amides is 1. The number of benzene rings is 3. The van der Waals surface area contributed by atoms with Crippen LogP contribution >= 0.6 is 0 Å². The van der Waals surface area contributed by atoms with E-state index in [4.69, 9.17) is 8.92 Å². The van der Waals surface area contributed by atoms with Crippen molar-refractivity contribution >= 4 is 16.2 Å². The maximum atomic E-state index is 12.5. The van der Waals surface area contributed by atoms with Crippen LogP contribution in [0.4, 0.5) is 4.79 Å². The highest BCUT2D eigenvalue weighted by molar-refractivity contribution is 7.86. The first-order valence-electron chi connectivity index (χ1n) is 9.42. The van der Waals surface area contributed by atoms with Gasteiger partial charge in [0.25, 0.3) is 10.1 Å². The van der Waals surface area contributed by atoms with Crippen molar-refractivity contribution in [2.45, 2.75) is 24.5 Å². The Kier molecular flexibility index (Phi) is 7.21. The Labute approximate surface area is 176 Å². The van der Waals surface area contributed by atoms with Gasteiger partial charge in [-0.15, -0.1) is 0 Å². The molecule has 0 aliphatic rings. The van der Waals surface area contributed by atoms with Gasteiger partial charge in [-0.1, -0.05) is 78.4 Å². The molecule has 0 saturated heterocycles. The van der Waals surface area contributed by atoms with Crippen LogP contribution in [0.15, 0.2) is 89.8 Å². The molecule has 3 aromatic rings. The summed E-state index contributed by atoms with van der Waals surface area (Å²) in [6.07, 6.45) is -0.663.